The Morgan fingerprint density at radius 2 is 2.04 bits per heavy atom. The highest BCUT2D eigenvalue weighted by Crippen LogP contribution is 2.26. The lowest BCUT2D eigenvalue weighted by Gasteiger charge is -2.28. The van der Waals surface area contributed by atoms with Gasteiger partial charge in [-0.25, -0.2) is 0 Å². The molecule has 1 aliphatic carbocycles. The normalized spacial score (nSPS) is 31.6. The van der Waals surface area contributed by atoms with E-state index in [1.54, 1.807) is 0 Å². The van der Waals surface area contributed by atoms with Crippen LogP contribution in [0.4, 0.5) is 0 Å². The van der Waals surface area contributed by atoms with Gasteiger partial charge in [0.25, 0.3) is 0 Å². The van der Waals surface area contributed by atoms with E-state index in [1.165, 1.54) is 0 Å². The van der Waals surface area contributed by atoms with Crippen molar-refractivity contribution in [3.05, 3.63) is 0 Å². The summed E-state index contributed by atoms with van der Waals surface area (Å²) >= 11 is 0. The molecular weight excluding hydrogens is 308 g/mol. The number of hydrogen-bond donors (Lipinski definition) is 2. The van der Waals surface area contributed by atoms with Crippen molar-refractivity contribution in [2.75, 3.05) is 52.5 Å². The number of morpholine rings is 1. The fraction of sp³-hybridized carbons (Fsp3) is 0.882. The molecule has 3 aliphatic rings. The summed E-state index contributed by atoms with van der Waals surface area (Å²) in [4.78, 5) is 28.9. The van der Waals surface area contributed by atoms with Gasteiger partial charge in [-0.05, 0) is 25.3 Å². The monoisotopic (exact) mass is 338 g/mol. The number of nitrogens with one attached hydrogen (secondary N) is 1. The molecule has 2 amide bonds. The number of carbonyl (C=O) groups excluding carboxylic acids is 2. The minimum Gasteiger partial charge on any atom is -0.379 e. The van der Waals surface area contributed by atoms with Crippen LogP contribution in [0, 0.1) is 11.8 Å². The molecule has 2 saturated heterocycles. The smallest absolute Gasteiger partial charge is 0.225 e. The molecule has 0 bridgehead atoms. The molecule has 24 heavy (non-hydrogen) atoms. The summed E-state index contributed by atoms with van der Waals surface area (Å²) in [6.07, 6.45) is 3.57. The van der Waals surface area contributed by atoms with Gasteiger partial charge < -0.3 is 20.7 Å². The molecule has 2 heterocycles. The third-order valence-electron chi connectivity index (χ3n) is 5.66. The Morgan fingerprint density at radius 3 is 2.79 bits per heavy atom. The summed E-state index contributed by atoms with van der Waals surface area (Å²) < 4.78 is 5.34. The second-order valence-electron chi connectivity index (χ2n) is 7.24. The summed E-state index contributed by atoms with van der Waals surface area (Å²) in [5.74, 6) is 0.317. The molecule has 0 aromatic carbocycles. The van der Waals surface area contributed by atoms with Crippen molar-refractivity contribution in [2.24, 2.45) is 17.6 Å². The van der Waals surface area contributed by atoms with Gasteiger partial charge in [0, 0.05) is 45.2 Å². The Morgan fingerprint density at radius 1 is 1.25 bits per heavy atom. The highest BCUT2D eigenvalue weighted by molar-refractivity contribution is 5.89. The minimum absolute atomic E-state index is 0.0302. The van der Waals surface area contributed by atoms with Crippen molar-refractivity contribution in [1.82, 2.24) is 15.1 Å². The van der Waals surface area contributed by atoms with Gasteiger partial charge in [-0.15, -0.1) is 0 Å². The standard InChI is InChI=1S/C17H30N4O3/c18-11-13-2-1-3-15(13)19-17(23)14-10-16(22)21(12-14)5-4-20-6-8-24-9-7-20/h13-15H,1-12,18H2,(H,19,23). The van der Waals surface area contributed by atoms with E-state index in [0.717, 1.165) is 52.1 Å². The fourth-order valence-corrected chi connectivity index (χ4v) is 4.06. The van der Waals surface area contributed by atoms with Crippen molar-refractivity contribution >= 4 is 11.8 Å². The van der Waals surface area contributed by atoms with Crippen molar-refractivity contribution < 1.29 is 14.3 Å². The van der Waals surface area contributed by atoms with Crippen molar-refractivity contribution in [1.29, 1.82) is 0 Å². The van der Waals surface area contributed by atoms with Crippen LogP contribution in [-0.2, 0) is 14.3 Å². The molecule has 136 valence electrons. The molecule has 7 nitrogen and oxygen atoms in total. The van der Waals surface area contributed by atoms with E-state index in [9.17, 15) is 9.59 Å². The lowest BCUT2D eigenvalue weighted by atomic mass is 10.0. The summed E-state index contributed by atoms with van der Waals surface area (Å²) in [7, 11) is 0. The fourth-order valence-electron chi connectivity index (χ4n) is 4.06. The van der Waals surface area contributed by atoms with Crippen LogP contribution in [0.25, 0.3) is 0 Å². The Kier molecular flexibility index (Phi) is 6.08. The zero-order chi connectivity index (χ0) is 16.9. The van der Waals surface area contributed by atoms with E-state index in [-0.39, 0.29) is 23.8 Å². The number of nitrogens with two attached hydrogens (primary N) is 1. The molecule has 0 radical (unpaired) electrons. The summed E-state index contributed by atoms with van der Waals surface area (Å²) in [6, 6.07) is 0.194. The lowest BCUT2D eigenvalue weighted by Crippen LogP contribution is -2.44. The molecule has 0 aromatic rings. The van der Waals surface area contributed by atoms with Gasteiger partial charge in [0.15, 0.2) is 0 Å². The maximum atomic E-state index is 12.5. The van der Waals surface area contributed by atoms with Gasteiger partial charge in [0.05, 0.1) is 19.1 Å². The molecule has 2 aliphatic heterocycles. The van der Waals surface area contributed by atoms with Gasteiger partial charge in [0.2, 0.25) is 11.8 Å². The van der Waals surface area contributed by atoms with E-state index in [4.69, 9.17) is 10.5 Å². The van der Waals surface area contributed by atoms with Crippen LogP contribution in [0.5, 0.6) is 0 Å². The maximum absolute atomic E-state index is 12.5. The molecule has 3 N–H and O–H groups in total. The third-order valence-corrected chi connectivity index (χ3v) is 5.66. The third kappa shape index (κ3) is 4.26. The van der Waals surface area contributed by atoms with E-state index < -0.39 is 0 Å². The van der Waals surface area contributed by atoms with E-state index >= 15 is 0 Å². The van der Waals surface area contributed by atoms with Gasteiger partial charge in [-0.2, -0.15) is 0 Å². The minimum atomic E-state index is -0.207. The van der Waals surface area contributed by atoms with Crippen LogP contribution in [0.15, 0.2) is 0 Å². The molecule has 0 aromatic heterocycles. The number of carbonyl (C=O) groups is 2. The predicted octanol–water partition coefficient (Wildman–Crippen LogP) is -0.589. The highest BCUT2D eigenvalue weighted by Gasteiger charge is 2.36. The maximum Gasteiger partial charge on any atom is 0.225 e. The molecule has 3 atom stereocenters. The Labute approximate surface area is 143 Å². The van der Waals surface area contributed by atoms with Crippen molar-refractivity contribution in [3.8, 4) is 0 Å². The SMILES string of the molecule is NCC1CCCC1NC(=O)C1CC(=O)N(CCN2CCOCC2)C1. The first-order valence-corrected chi connectivity index (χ1v) is 9.25. The highest BCUT2D eigenvalue weighted by atomic mass is 16.5. The molecule has 3 rings (SSSR count). The van der Waals surface area contributed by atoms with E-state index in [0.29, 0.717) is 32.0 Å². The number of likely N-dealkylation sites (tertiary alicyclic amines) is 1. The van der Waals surface area contributed by atoms with Crippen LogP contribution in [0.2, 0.25) is 0 Å². The first-order chi connectivity index (χ1) is 11.7. The predicted molar refractivity (Wildman–Crippen MR) is 90.3 cm³/mol. The summed E-state index contributed by atoms with van der Waals surface area (Å²) in [5, 5.41) is 3.14. The molecule has 0 spiro atoms. The van der Waals surface area contributed by atoms with Crippen molar-refractivity contribution in [3.63, 3.8) is 0 Å². The number of rotatable bonds is 6. The number of ether oxygens (including phenoxy) is 1. The zero-order valence-electron chi connectivity index (χ0n) is 14.4. The van der Waals surface area contributed by atoms with E-state index in [1.807, 2.05) is 4.90 Å². The Balaban J connectivity index is 1.44. The van der Waals surface area contributed by atoms with Crippen molar-refractivity contribution in [2.45, 2.75) is 31.7 Å². The van der Waals surface area contributed by atoms with Crippen LogP contribution < -0.4 is 11.1 Å². The first-order valence-electron chi connectivity index (χ1n) is 9.25. The topological polar surface area (TPSA) is 87.9 Å². The molecule has 7 heteroatoms. The van der Waals surface area contributed by atoms with E-state index in [2.05, 4.69) is 10.2 Å². The van der Waals surface area contributed by atoms with Crippen LogP contribution in [0.1, 0.15) is 25.7 Å². The summed E-state index contributed by atoms with van der Waals surface area (Å²) in [5.41, 5.74) is 5.78. The zero-order valence-corrected chi connectivity index (χ0v) is 14.4. The molecular formula is C17H30N4O3. The lowest BCUT2D eigenvalue weighted by molar-refractivity contribution is -0.129. The first kappa shape index (κ1) is 17.6. The summed E-state index contributed by atoms with van der Waals surface area (Å²) in [6.45, 7) is 6.13. The number of nitrogens with zero attached hydrogens (tertiary/aromatic N) is 2. The average Bonchev–Trinajstić information content (AvgIpc) is 3.20. The number of hydrogen-bond acceptors (Lipinski definition) is 5. The number of amides is 2. The Hall–Kier alpha value is -1.18. The second-order valence-corrected chi connectivity index (χ2v) is 7.24. The molecule has 3 fully saturated rings. The quantitative estimate of drug-likeness (QED) is 0.676. The molecule has 3 unspecified atom stereocenters. The second kappa shape index (κ2) is 8.27. The largest absolute Gasteiger partial charge is 0.379 e. The van der Waals surface area contributed by atoms with Gasteiger partial charge in [-0.1, -0.05) is 6.42 Å². The average molecular weight is 338 g/mol. The Bertz CT molecular complexity index is 453. The van der Waals surface area contributed by atoms with Gasteiger partial charge in [0.1, 0.15) is 0 Å². The van der Waals surface area contributed by atoms with Crippen LogP contribution >= 0.6 is 0 Å². The van der Waals surface area contributed by atoms with Gasteiger partial charge in [-0.3, -0.25) is 14.5 Å². The van der Waals surface area contributed by atoms with Crippen LogP contribution in [0.3, 0.4) is 0 Å². The van der Waals surface area contributed by atoms with Gasteiger partial charge >= 0.3 is 0 Å². The molecule has 1 saturated carbocycles. The van der Waals surface area contributed by atoms with Crippen LogP contribution in [-0.4, -0.2) is 80.1 Å².